The Labute approximate surface area is 227 Å². The average Bonchev–Trinajstić information content (AvgIpc) is 2.95. The summed E-state index contributed by atoms with van der Waals surface area (Å²) < 4.78 is 0. The van der Waals surface area contributed by atoms with E-state index in [-0.39, 0.29) is 11.8 Å². The Bertz CT molecular complexity index is 1200. The molecule has 1 aliphatic rings. The van der Waals surface area contributed by atoms with Crippen molar-refractivity contribution in [3.8, 4) is 11.1 Å². The normalized spacial score (nSPS) is 14.7. The van der Waals surface area contributed by atoms with E-state index >= 15 is 0 Å². The Morgan fingerprint density at radius 3 is 2.26 bits per heavy atom. The Morgan fingerprint density at radius 1 is 0.842 bits per heavy atom. The molecule has 1 N–H and O–H groups in total. The molecule has 1 aliphatic carbocycles. The first-order valence-corrected chi connectivity index (χ1v) is 14.0. The van der Waals surface area contributed by atoms with Crippen molar-refractivity contribution in [1.82, 2.24) is 15.1 Å². The molecule has 3 aromatic rings. The molecule has 0 radical (unpaired) electrons. The number of rotatable bonds is 11. The van der Waals surface area contributed by atoms with Crippen LogP contribution < -0.4 is 5.32 Å². The van der Waals surface area contributed by atoms with Gasteiger partial charge in [-0.05, 0) is 98.1 Å². The van der Waals surface area contributed by atoms with E-state index < -0.39 is 0 Å². The SMILES string of the molecule is CCCN(CCCCNC(=O)c1ccc(-c2ccccc2)cc1)C1CCc2ccc(C(=O)N(C)C)cc2C1. The molecular weight excluding hydrogens is 470 g/mol. The van der Waals surface area contributed by atoms with Crippen molar-refractivity contribution >= 4 is 11.8 Å². The lowest BCUT2D eigenvalue weighted by Gasteiger charge is -2.35. The second kappa shape index (κ2) is 13.4. The van der Waals surface area contributed by atoms with Crippen LogP contribution in [0, 0.1) is 0 Å². The molecule has 4 rings (SSSR count). The molecule has 0 aromatic heterocycles. The molecule has 2 amide bonds. The van der Waals surface area contributed by atoms with Crippen LogP contribution in [0.2, 0.25) is 0 Å². The number of carbonyl (C=O) groups excluding carboxylic acids is 2. The first-order chi connectivity index (χ1) is 18.5. The summed E-state index contributed by atoms with van der Waals surface area (Å²) in [5.41, 5.74) is 6.45. The van der Waals surface area contributed by atoms with Gasteiger partial charge in [0, 0.05) is 37.8 Å². The molecule has 0 spiro atoms. The fourth-order valence-electron chi connectivity index (χ4n) is 5.39. The zero-order chi connectivity index (χ0) is 26.9. The van der Waals surface area contributed by atoms with Gasteiger partial charge in [-0.3, -0.25) is 9.59 Å². The van der Waals surface area contributed by atoms with Crippen LogP contribution >= 0.6 is 0 Å². The number of aryl methyl sites for hydroxylation is 1. The molecule has 5 heteroatoms. The second-order valence-electron chi connectivity index (χ2n) is 10.5. The molecule has 0 saturated carbocycles. The van der Waals surface area contributed by atoms with E-state index in [1.807, 2.05) is 48.5 Å². The molecule has 0 saturated heterocycles. The highest BCUT2D eigenvalue weighted by Crippen LogP contribution is 2.26. The van der Waals surface area contributed by atoms with Gasteiger partial charge >= 0.3 is 0 Å². The van der Waals surface area contributed by atoms with Crippen LogP contribution in [-0.2, 0) is 12.8 Å². The van der Waals surface area contributed by atoms with Crippen LogP contribution in [0.1, 0.15) is 64.4 Å². The number of hydrogen-bond acceptors (Lipinski definition) is 3. The lowest BCUT2D eigenvalue weighted by molar-refractivity contribution is 0.0827. The number of fused-ring (bicyclic) bond motifs is 1. The Hall–Kier alpha value is -3.44. The zero-order valence-corrected chi connectivity index (χ0v) is 23.1. The highest BCUT2D eigenvalue weighted by atomic mass is 16.2. The van der Waals surface area contributed by atoms with E-state index in [1.54, 1.807) is 19.0 Å². The minimum atomic E-state index is -0.0120. The number of hydrogen-bond donors (Lipinski definition) is 1. The number of amides is 2. The molecule has 0 fully saturated rings. The van der Waals surface area contributed by atoms with Crippen molar-refractivity contribution in [2.24, 2.45) is 0 Å². The standard InChI is InChI=1S/C33H41N3O2/c1-4-21-36(31-19-18-27-14-17-29(23-30(27)24-31)33(38)35(2)3)22-9-8-20-34-32(37)28-15-12-26(13-16-28)25-10-6-5-7-11-25/h5-7,10-17,23,31H,4,8-9,18-22,24H2,1-3H3,(H,34,37). The number of carbonyl (C=O) groups is 2. The summed E-state index contributed by atoms with van der Waals surface area (Å²) in [5, 5.41) is 3.09. The fourth-order valence-corrected chi connectivity index (χ4v) is 5.39. The quantitative estimate of drug-likeness (QED) is 0.329. The van der Waals surface area contributed by atoms with E-state index in [0.717, 1.165) is 68.3 Å². The third kappa shape index (κ3) is 7.11. The maximum absolute atomic E-state index is 12.6. The van der Waals surface area contributed by atoms with Crippen molar-refractivity contribution in [2.75, 3.05) is 33.7 Å². The van der Waals surface area contributed by atoms with Crippen LogP contribution in [0.4, 0.5) is 0 Å². The van der Waals surface area contributed by atoms with E-state index in [9.17, 15) is 9.59 Å². The Morgan fingerprint density at radius 2 is 1.55 bits per heavy atom. The number of unbranched alkanes of at least 4 members (excludes halogenated alkanes) is 1. The lowest BCUT2D eigenvalue weighted by Crippen LogP contribution is -2.40. The third-order valence-electron chi connectivity index (χ3n) is 7.50. The summed E-state index contributed by atoms with van der Waals surface area (Å²) in [6.07, 6.45) is 6.35. The largest absolute Gasteiger partial charge is 0.352 e. The van der Waals surface area contributed by atoms with Crippen molar-refractivity contribution < 1.29 is 9.59 Å². The highest BCUT2D eigenvalue weighted by molar-refractivity contribution is 5.95. The van der Waals surface area contributed by atoms with Crippen LogP contribution in [0.3, 0.4) is 0 Å². The van der Waals surface area contributed by atoms with E-state index in [2.05, 4.69) is 41.4 Å². The molecule has 0 heterocycles. The summed E-state index contributed by atoms with van der Waals surface area (Å²) in [6, 6.07) is 24.7. The summed E-state index contributed by atoms with van der Waals surface area (Å²) in [7, 11) is 3.61. The monoisotopic (exact) mass is 511 g/mol. The van der Waals surface area contributed by atoms with E-state index in [0.29, 0.717) is 18.2 Å². The lowest BCUT2D eigenvalue weighted by atomic mass is 9.86. The molecule has 200 valence electrons. The molecule has 0 aliphatic heterocycles. The summed E-state index contributed by atoms with van der Waals surface area (Å²) >= 11 is 0. The van der Waals surface area contributed by atoms with Gasteiger partial charge in [0.25, 0.3) is 11.8 Å². The molecule has 3 aromatic carbocycles. The molecular formula is C33H41N3O2. The molecule has 0 bridgehead atoms. The van der Waals surface area contributed by atoms with Crippen molar-refractivity contribution in [1.29, 1.82) is 0 Å². The van der Waals surface area contributed by atoms with Crippen LogP contribution in [0.5, 0.6) is 0 Å². The van der Waals surface area contributed by atoms with Crippen LogP contribution in [-0.4, -0.2) is 61.4 Å². The summed E-state index contributed by atoms with van der Waals surface area (Å²) in [6.45, 7) is 5.03. The van der Waals surface area contributed by atoms with Gasteiger partial charge in [-0.15, -0.1) is 0 Å². The van der Waals surface area contributed by atoms with Gasteiger partial charge in [0.05, 0.1) is 0 Å². The smallest absolute Gasteiger partial charge is 0.253 e. The predicted molar refractivity (Wildman–Crippen MR) is 156 cm³/mol. The maximum atomic E-state index is 12.6. The predicted octanol–water partition coefficient (Wildman–Crippen LogP) is 5.83. The van der Waals surface area contributed by atoms with E-state index in [1.165, 1.54) is 11.1 Å². The molecule has 5 nitrogen and oxygen atoms in total. The van der Waals surface area contributed by atoms with Crippen LogP contribution in [0.25, 0.3) is 11.1 Å². The molecule has 38 heavy (non-hydrogen) atoms. The Balaban J connectivity index is 1.25. The van der Waals surface area contributed by atoms with E-state index in [4.69, 9.17) is 0 Å². The number of nitrogens with zero attached hydrogens (tertiary/aromatic N) is 2. The summed E-state index contributed by atoms with van der Waals surface area (Å²) in [4.78, 5) is 29.3. The molecule has 1 unspecified atom stereocenters. The molecule has 1 atom stereocenters. The van der Waals surface area contributed by atoms with Gasteiger partial charge in [-0.25, -0.2) is 0 Å². The Kier molecular flexibility index (Phi) is 9.72. The number of nitrogens with one attached hydrogen (secondary N) is 1. The van der Waals surface area contributed by atoms with Crippen molar-refractivity contribution in [2.45, 2.75) is 51.5 Å². The van der Waals surface area contributed by atoms with Crippen LogP contribution in [0.15, 0.2) is 72.8 Å². The van der Waals surface area contributed by atoms with Gasteiger partial charge in [0.2, 0.25) is 0 Å². The van der Waals surface area contributed by atoms with Gasteiger partial charge < -0.3 is 15.1 Å². The van der Waals surface area contributed by atoms with Crippen molar-refractivity contribution in [3.63, 3.8) is 0 Å². The first-order valence-electron chi connectivity index (χ1n) is 14.0. The van der Waals surface area contributed by atoms with Gasteiger partial charge in [0.15, 0.2) is 0 Å². The van der Waals surface area contributed by atoms with Crippen molar-refractivity contribution in [3.05, 3.63) is 95.1 Å². The second-order valence-corrected chi connectivity index (χ2v) is 10.5. The van der Waals surface area contributed by atoms with Gasteiger partial charge in [-0.2, -0.15) is 0 Å². The highest BCUT2D eigenvalue weighted by Gasteiger charge is 2.24. The maximum Gasteiger partial charge on any atom is 0.253 e. The average molecular weight is 512 g/mol. The van der Waals surface area contributed by atoms with Gasteiger partial charge in [-0.1, -0.05) is 55.5 Å². The minimum absolute atomic E-state index is 0.0120. The third-order valence-corrected chi connectivity index (χ3v) is 7.50. The summed E-state index contributed by atoms with van der Waals surface area (Å²) in [5.74, 6) is 0.0523. The minimum Gasteiger partial charge on any atom is -0.352 e. The zero-order valence-electron chi connectivity index (χ0n) is 23.1. The van der Waals surface area contributed by atoms with Gasteiger partial charge in [0.1, 0.15) is 0 Å². The topological polar surface area (TPSA) is 52.7 Å². The fraction of sp³-hybridized carbons (Fsp3) is 0.394. The first kappa shape index (κ1) is 27.6. The number of benzene rings is 3.